The van der Waals surface area contributed by atoms with E-state index in [1.54, 1.807) is 24.3 Å². The third kappa shape index (κ3) is 4.64. The standard InChI is InChI=1S/C15H16N2O5/c18-11-4-1-3-10(7-11)17-14(19)8-13(15(20)21)16-9-12-5-2-6-22-12/h1-7,13,16,18H,8-9H2,(H,17,19)(H,20,21). The SMILES string of the molecule is O=C(CC([NH2+]Cc1ccco1)C(=O)[O-])Nc1cccc(O)c1. The smallest absolute Gasteiger partial charge is 0.230 e. The predicted octanol–water partition coefficient (Wildman–Crippen LogP) is -0.804. The van der Waals surface area contributed by atoms with E-state index in [2.05, 4.69) is 5.32 Å². The minimum Gasteiger partial charge on any atom is -0.544 e. The molecule has 1 atom stereocenters. The van der Waals surface area contributed by atoms with Crippen LogP contribution in [-0.2, 0) is 16.1 Å². The van der Waals surface area contributed by atoms with Crippen molar-refractivity contribution < 1.29 is 29.5 Å². The number of nitrogens with one attached hydrogen (secondary N) is 1. The second-order valence-corrected chi connectivity index (χ2v) is 4.75. The number of quaternary nitrogens is 1. The van der Waals surface area contributed by atoms with E-state index in [-0.39, 0.29) is 12.2 Å². The monoisotopic (exact) mass is 304 g/mol. The first-order chi connectivity index (χ1) is 10.5. The minimum absolute atomic E-state index is 0.0126. The number of aromatic hydroxyl groups is 1. The quantitative estimate of drug-likeness (QED) is 0.618. The molecule has 0 saturated carbocycles. The van der Waals surface area contributed by atoms with Gasteiger partial charge in [-0.3, -0.25) is 4.79 Å². The lowest BCUT2D eigenvalue weighted by Crippen LogP contribution is -2.92. The van der Waals surface area contributed by atoms with Gasteiger partial charge in [0.25, 0.3) is 0 Å². The van der Waals surface area contributed by atoms with Gasteiger partial charge in [-0.25, -0.2) is 0 Å². The zero-order valence-electron chi connectivity index (χ0n) is 11.7. The fourth-order valence-electron chi connectivity index (χ4n) is 1.95. The highest BCUT2D eigenvalue weighted by atomic mass is 16.4. The number of phenols is 1. The number of carbonyl (C=O) groups excluding carboxylic acids is 2. The number of furan rings is 1. The molecule has 1 aromatic carbocycles. The second-order valence-electron chi connectivity index (χ2n) is 4.75. The Balaban J connectivity index is 1.89. The molecule has 1 amide bonds. The van der Waals surface area contributed by atoms with E-state index >= 15 is 0 Å². The molecule has 1 unspecified atom stereocenters. The fraction of sp³-hybridized carbons (Fsp3) is 0.200. The van der Waals surface area contributed by atoms with Crippen LogP contribution in [0.5, 0.6) is 5.75 Å². The number of carboxylic acids is 1. The second kappa shape index (κ2) is 7.28. The van der Waals surface area contributed by atoms with Crippen molar-refractivity contribution in [3.05, 3.63) is 48.4 Å². The highest BCUT2D eigenvalue weighted by molar-refractivity contribution is 5.93. The van der Waals surface area contributed by atoms with Crippen molar-refractivity contribution in [3.8, 4) is 5.75 Å². The van der Waals surface area contributed by atoms with Crippen molar-refractivity contribution in [2.45, 2.75) is 19.0 Å². The average Bonchev–Trinajstić information content (AvgIpc) is 2.96. The molecule has 2 aromatic rings. The van der Waals surface area contributed by atoms with Gasteiger partial charge in [0.2, 0.25) is 5.91 Å². The molecule has 0 saturated heterocycles. The van der Waals surface area contributed by atoms with Crippen LogP contribution >= 0.6 is 0 Å². The number of benzene rings is 1. The summed E-state index contributed by atoms with van der Waals surface area (Å²) in [5, 5.41) is 24.4. The molecular formula is C15H16N2O5. The first-order valence-electron chi connectivity index (χ1n) is 6.70. The van der Waals surface area contributed by atoms with Crippen molar-refractivity contribution in [1.82, 2.24) is 0 Å². The molecule has 0 aliphatic heterocycles. The van der Waals surface area contributed by atoms with E-state index in [1.807, 2.05) is 0 Å². The van der Waals surface area contributed by atoms with Gasteiger partial charge >= 0.3 is 0 Å². The van der Waals surface area contributed by atoms with Crippen LogP contribution in [0.2, 0.25) is 0 Å². The van der Waals surface area contributed by atoms with Crippen LogP contribution in [0, 0.1) is 0 Å². The number of nitrogens with two attached hydrogens (primary N) is 1. The molecule has 116 valence electrons. The Kier molecular flexibility index (Phi) is 5.16. The molecule has 0 aliphatic rings. The summed E-state index contributed by atoms with van der Waals surface area (Å²) in [6.07, 6.45) is 1.24. The number of rotatable bonds is 7. The van der Waals surface area contributed by atoms with Gasteiger partial charge in [-0.1, -0.05) is 6.07 Å². The average molecular weight is 304 g/mol. The van der Waals surface area contributed by atoms with E-state index in [9.17, 15) is 19.8 Å². The predicted molar refractivity (Wildman–Crippen MR) is 74.5 cm³/mol. The molecule has 0 radical (unpaired) electrons. The maximum Gasteiger partial charge on any atom is 0.230 e. The van der Waals surface area contributed by atoms with E-state index in [0.29, 0.717) is 18.0 Å². The van der Waals surface area contributed by atoms with Crippen molar-refractivity contribution in [1.29, 1.82) is 0 Å². The Bertz CT molecular complexity index is 639. The minimum atomic E-state index is -1.32. The maximum atomic E-state index is 11.9. The number of amides is 1. The lowest BCUT2D eigenvalue weighted by atomic mass is 10.2. The van der Waals surface area contributed by atoms with Gasteiger partial charge in [-0.15, -0.1) is 0 Å². The number of carbonyl (C=O) groups is 2. The maximum absolute atomic E-state index is 11.9. The zero-order valence-corrected chi connectivity index (χ0v) is 11.7. The third-order valence-corrected chi connectivity index (χ3v) is 3.02. The Morgan fingerprint density at radius 1 is 1.32 bits per heavy atom. The van der Waals surface area contributed by atoms with Gasteiger partial charge in [-0.2, -0.15) is 0 Å². The van der Waals surface area contributed by atoms with Crippen LogP contribution in [0.3, 0.4) is 0 Å². The molecule has 7 heteroatoms. The van der Waals surface area contributed by atoms with E-state index in [0.717, 1.165) is 0 Å². The first-order valence-corrected chi connectivity index (χ1v) is 6.70. The summed E-state index contributed by atoms with van der Waals surface area (Å²) in [5.74, 6) is -1.17. The number of aliphatic carboxylic acids is 1. The number of carboxylic acid groups (broad SMARTS) is 1. The van der Waals surface area contributed by atoms with Gasteiger partial charge in [0.05, 0.1) is 18.7 Å². The number of phenolic OH excluding ortho intramolecular Hbond substituents is 1. The fourth-order valence-corrected chi connectivity index (χ4v) is 1.95. The Morgan fingerprint density at radius 3 is 2.77 bits per heavy atom. The number of hydrogen-bond acceptors (Lipinski definition) is 5. The molecule has 0 fully saturated rings. The van der Waals surface area contributed by atoms with Gasteiger partial charge in [0.1, 0.15) is 18.3 Å². The van der Waals surface area contributed by atoms with Crippen LogP contribution in [-0.4, -0.2) is 23.0 Å². The molecule has 22 heavy (non-hydrogen) atoms. The van der Waals surface area contributed by atoms with E-state index in [1.165, 1.54) is 23.7 Å². The third-order valence-electron chi connectivity index (χ3n) is 3.02. The summed E-state index contributed by atoms with van der Waals surface area (Å²) in [6.45, 7) is 0.297. The molecule has 4 N–H and O–H groups in total. The highest BCUT2D eigenvalue weighted by Crippen LogP contribution is 2.15. The number of hydrogen-bond donors (Lipinski definition) is 3. The molecule has 0 aliphatic carbocycles. The summed E-state index contributed by atoms with van der Waals surface area (Å²) >= 11 is 0. The molecule has 2 rings (SSSR count). The summed E-state index contributed by atoms with van der Waals surface area (Å²) in [5.41, 5.74) is 0.396. The Morgan fingerprint density at radius 2 is 2.14 bits per heavy atom. The van der Waals surface area contributed by atoms with Crippen LogP contribution < -0.4 is 15.7 Å². The van der Waals surface area contributed by atoms with Crippen LogP contribution in [0.4, 0.5) is 5.69 Å². The van der Waals surface area contributed by atoms with Crippen molar-refractivity contribution in [2.75, 3.05) is 5.32 Å². The van der Waals surface area contributed by atoms with Gasteiger partial charge in [-0.05, 0) is 24.3 Å². The van der Waals surface area contributed by atoms with Gasteiger partial charge < -0.3 is 30.1 Å². The lowest BCUT2D eigenvalue weighted by molar-refractivity contribution is -0.698. The van der Waals surface area contributed by atoms with Crippen molar-refractivity contribution in [3.63, 3.8) is 0 Å². The van der Waals surface area contributed by atoms with Crippen molar-refractivity contribution in [2.24, 2.45) is 0 Å². The molecule has 1 aromatic heterocycles. The van der Waals surface area contributed by atoms with Gasteiger partial charge in [0.15, 0.2) is 5.76 Å². The molecular weight excluding hydrogens is 288 g/mol. The largest absolute Gasteiger partial charge is 0.544 e. The number of anilines is 1. The summed E-state index contributed by atoms with van der Waals surface area (Å²) in [4.78, 5) is 23.0. The Labute approximate surface area is 126 Å². The zero-order chi connectivity index (χ0) is 15.9. The van der Waals surface area contributed by atoms with E-state index in [4.69, 9.17) is 4.42 Å². The molecule has 0 bridgehead atoms. The first kappa shape index (κ1) is 15.6. The summed E-state index contributed by atoms with van der Waals surface area (Å²) in [6, 6.07) is 8.40. The van der Waals surface area contributed by atoms with Gasteiger partial charge in [0, 0.05) is 11.8 Å². The molecule has 1 heterocycles. The highest BCUT2D eigenvalue weighted by Gasteiger charge is 2.19. The van der Waals surface area contributed by atoms with Crippen molar-refractivity contribution >= 4 is 17.6 Å². The molecule has 7 nitrogen and oxygen atoms in total. The summed E-state index contributed by atoms with van der Waals surface area (Å²) < 4.78 is 5.10. The van der Waals surface area contributed by atoms with Crippen LogP contribution in [0.25, 0.3) is 0 Å². The van der Waals surface area contributed by atoms with Crippen LogP contribution in [0.15, 0.2) is 47.1 Å². The van der Waals surface area contributed by atoms with E-state index < -0.39 is 17.9 Å². The molecule has 0 spiro atoms. The Hall–Kier alpha value is -2.80. The summed E-state index contributed by atoms with van der Waals surface area (Å²) in [7, 11) is 0. The van der Waals surface area contributed by atoms with Crippen LogP contribution in [0.1, 0.15) is 12.2 Å². The normalized spacial score (nSPS) is 11.8. The lowest BCUT2D eigenvalue weighted by Gasteiger charge is -2.15. The topological polar surface area (TPSA) is 119 Å².